The van der Waals surface area contributed by atoms with E-state index < -0.39 is 10.0 Å². The molecule has 1 N–H and O–H groups in total. The lowest BCUT2D eigenvalue weighted by Crippen LogP contribution is -2.38. The molecule has 1 saturated heterocycles. The van der Waals surface area contributed by atoms with Crippen LogP contribution in [0.25, 0.3) is 6.08 Å². The normalized spacial score (nSPS) is 16.4. The summed E-state index contributed by atoms with van der Waals surface area (Å²) in [5, 5.41) is 1.23. The summed E-state index contributed by atoms with van der Waals surface area (Å²) >= 11 is 0. The van der Waals surface area contributed by atoms with E-state index in [4.69, 9.17) is 0 Å². The molecule has 0 amide bonds. The Hall–Kier alpha value is -2.25. The minimum absolute atomic E-state index is 0.341. The van der Waals surface area contributed by atoms with Crippen molar-refractivity contribution in [3.8, 4) is 0 Å². The molecule has 0 radical (unpaired) electrons. The molecule has 1 fully saturated rings. The molecule has 6 nitrogen and oxygen atoms in total. The quantitative estimate of drug-likeness (QED) is 0.857. The second-order valence-electron chi connectivity index (χ2n) is 6.10. The summed E-state index contributed by atoms with van der Waals surface area (Å²) in [5.41, 5.74) is 0.866. The van der Waals surface area contributed by atoms with E-state index in [9.17, 15) is 8.42 Å². The van der Waals surface area contributed by atoms with Gasteiger partial charge in [0.2, 0.25) is 10.0 Å². The Bertz CT molecular complexity index is 786. The fraction of sp³-hybridized carbons (Fsp3) is 0.333. The van der Waals surface area contributed by atoms with Crippen molar-refractivity contribution in [1.29, 1.82) is 0 Å². The van der Waals surface area contributed by atoms with Gasteiger partial charge in [-0.05, 0) is 30.4 Å². The largest absolute Gasteiger partial charge is 0.355 e. The first-order valence-corrected chi connectivity index (χ1v) is 9.91. The molecule has 1 aliphatic rings. The van der Waals surface area contributed by atoms with Gasteiger partial charge >= 0.3 is 0 Å². The molecule has 3 rings (SSSR count). The maximum Gasteiger partial charge on any atom is 0.233 e. The molecule has 0 aliphatic carbocycles. The van der Waals surface area contributed by atoms with Crippen molar-refractivity contribution >= 4 is 21.9 Å². The molecule has 0 spiro atoms. The van der Waals surface area contributed by atoms with Gasteiger partial charge in [-0.15, -0.1) is 0 Å². The van der Waals surface area contributed by atoms with Crippen LogP contribution in [-0.4, -0.2) is 38.0 Å². The van der Waals surface area contributed by atoms with Crippen LogP contribution in [0.1, 0.15) is 18.4 Å². The number of aromatic nitrogens is 2. The van der Waals surface area contributed by atoms with Crippen molar-refractivity contribution in [3.05, 3.63) is 59.9 Å². The number of hydrogen-bond acceptors (Lipinski definition) is 5. The lowest BCUT2D eigenvalue weighted by atomic mass is 9.97. The summed E-state index contributed by atoms with van der Waals surface area (Å²) < 4.78 is 26.9. The van der Waals surface area contributed by atoms with Crippen LogP contribution in [-0.2, 0) is 10.0 Å². The summed E-state index contributed by atoms with van der Waals surface area (Å²) in [4.78, 5) is 10.6. The van der Waals surface area contributed by atoms with E-state index in [1.165, 1.54) is 5.41 Å². The number of benzene rings is 1. The monoisotopic (exact) mass is 358 g/mol. The van der Waals surface area contributed by atoms with Gasteiger partial charge in [0.1, 0.15) is 5.82 Å². The Balaban J connectivity index is 1.47. The van der Waals surface area contributed by atoms with Crippen molar-refractivity contribution in [1.82, 2.24) is 14.7 Å². The Kier molecular flexibility index (Phi) is 5.78. The molecule has 25 heavy (non-hydrogen) atoms. The number of hydrogen-bond donors (Lipinski definition) is 1. The topological polar surface area (TPSA) is 75.2 Å². The summed E-state index contributed by atoms with van der Waals surface area (Å²) in [5.74, 6) is 1.22. The molecule has 2 aromatic rings. The zero-order valence-corrected chi connectivity index (χ0v) is 14.8. The highest BCUT2D eigenvalue weighted by Crippen LogP contribution is 2.20. The number of nitrogens with zero attached hydrogens (tertiary/aromatic N) is 3. The number of nitrogens with one attached hydrogen (secondary N) is 1. The lowest BCUT2D eigenvalue weighted by Gasteiger charge is -2.32. The van der Waals surface area contributed by atoms with Crippen LogP contribution in [0.2, 0.25) is 0 Å². The van der Waals surface area contributed by atoms with Crippen molar-refractivity contribution in [2.24, 2.45) is 5.92 Å². The first-order valence-electron chi connectivity index (χ1n) is 8.36. The Morgan fingerprint density at radius 2 is 1.92 bits per heavy atom. The van der Waals surface area contributed by atoms with Gasteiger partial charge in [-0.25, -0.2) is 18.1 Å². The average molecular weight is 358 g/mol. The number of sulfonamides is 1. The minimum atomic E-state index is -3.41. The van der Waals surface area contributed by atoms with Crippen LogP contribution in [0.4, 0.5) is 5.82 Å². The highest BCUT2D eigenvalue weighted by atomic mass is 32.2. The Morgan fingerprint density at radius 3 is 2.60 bits per heavy atom. The third-order valence-corrected chi connectivity index (χ3v) is 5.36. The number of rotatable bonds is 6. The first kappa shape index (κ1) is 17.6. The SMILES string of the molecule is O=S(=O)(/C=C/c1ccccc1)NCC1CCN(c2cnccn2)CC1. The van der Waals surface area contributed by atoms with Gasteiger partial charge in [0, 0.05) is 37.4 Å². The van der Waals surface area contributed by atoms with E-state index >= 15 is 0 Å². The summed E-state index contributed by atoms with van der Waals surface area (Å²) in [6.45, 7) is 2.20. The maximum absolute atomic E-state index is 12.1. The van der Waals surface area contributed by atoms with Gasteiger partial charge in [0.25, 0.3) is 0 Å². The molecule has 2 heterocycles. The van der Waals surface area contributed by atoms with Gasteiger partial charge in [-0.3, -0.25) is 4.98 Å². The van der Waals surface area contributed by atoms with Gasteiger partial charge < -0.3 is 4.90 Å². The predicted molar refractivity (Wildman–Crippen MR) is 99.4 cm³/mol. The Morgan fingerprint density at radius 1 is 1.16 bits per heavy atom. The second-order valence-corrected chi connectivity index (χ2v) is 7.75. The maximum atomic E-state index is 12.1. The smallest absolute Gasteiger partial charge is 0.233 e. The third kappa shape index (κ3) is 5.37. The minimum Gasteiger partial charge on any atom is -0.355 e. The summed E-state index contributed by atoms with van der Waals surface area (Å²) in [7, 11) is -3.41. The molecule has 0 unspecified atom stereocenters. The fourth-order valence-electron chi connectivity index (χ4n) is 2.84. The van der Waals surface area contributed by atoms with Crippen LogP contribution >= 0.6 is 0 Å². The van der Waals surface area contributed by atoms with Gasteiger partial charge in [0.15, 0.2) is 0 Å². The van der Waals surface area contributed by atoms with E-state index in [1.807, 2.05) is 30.3 Å². The molecule has 1 aromatic carbocycles. The van der Waals surface area contributed by atoms with Gasteiger partial charge in [-0.1, -0.05) is 30.3 Å². The number of anilines is 1. The van der Waals surface area contributed by atoms with Crippen molar-refractivity contribution in [2.75, 3.05) is 24.5 Å². The molecule has 7 heteroatoms. The van der Waals surface area contributed by atoms with Crippen molar-refractivity contribution < 1.29 is 8.42 Å². The van der Waals surface area contributed by atoms with Crippen LogP contribution in [0, 0.1) is 5.92 Å². The van der Waals surface area contributed by atoms with Crippen LogP contribution in [0.3, 0.4) is 0 Å². The van der Waals surface area contributed by atoms with E-state index in [0.717, 1.165) is 37.3 Å². The summed E-state index contributed by atoms with van der Waals surface area (Å²) in [6.07, 6.45) is 8.59. The van der Waals surface area contributed by atoms with Crippen molar-refractivity contribution in [3.63, 3.8) is 0 Å². The molecule has 1 aromatic heterocycles. The highest BCUT2D eigenvalue weighted by molar-refractivity contribution is 7.92. The van der Waals surface area contributed by atoms with E-state index in [1.54, 1.807) is 24.7 Å². The third-order valence-electron chi connectivity index (χ3n) is 4.30. The Labute approximate surface area is 148 Å². The fourth-order valence-corrected chi connectivity index (χ4v) is 3.74. The van der Waals surface area contributed by atoms with Gasteiger partial charge in [-0.2, -0.15) is 0 Å². The number of piperidine rings is 1. The first-order chi connectivity index (χ1) is 12.1. The zero-order chi connectivity index (χ0) is 17.5. The molecule has 1 aliphatic heterocycles. The molecule has 0 atom stereocenters. The molecular formula is C18H22N4O2S. The lowest BCUT2D eigenvalue weighted by molar-refractivity contribution is 0.401. The molecule has 0 bridgehead atoms. The average Bonchev–Trinajstić information content (AvgIpc) is 2.67. The molecule has 132 valence electrons. The molecular weight excluding hydrogens is 336 g/mol. The van der Waals surface area contributed by atoms with Crippen LogP contribution in [0.5, 0.6) is 0 Å². The van der Waals surface area contributed by atoms with E-state index in [-0.39, 0.29) is 0 Å². The van der Waals surface area contributed by atoms with E-state index in [0.29, 0.717) is 12.5 Å². The highest BCUT2D eigenvalue weighted by Gasteiger charge is 2.21. The predicted octanol–water partition coefficient (Wildman–Crippen LogP) is 2.28. The van der Waals surface area contributed by atoms with Crippen LogP contribution < -0.4 is 9.62 Å². The van der Waals surface area contributed by atoms with Crippen LogP contribution in [0.15, 0.2) is 54.3 Å². The van der Waals surface area contributed by atoms with Crippen molar-refractivity contribution in [2.45, 2.75) is 12.8 Å². The molecule has 0 saturated carbocycles. The zero-order valence-electron chi connectivity index (χ0n) is 14.0. The standard InChI is InChI=1S/C18H22N4O2S/c23-25(24,13-8-16-4-2-1-3-5-16)21-14-17-6-11-22(12-7-17)18-15-19-9-10-20-18/h1-5,8-10,13,15,17,21H,6-7,11-12,14H2/b13-8+. The van der Waals surface area contributed by atoms with Gasteiger partial charge in [0.05, 0.1) is 6.20 Å². The summed E-state index contributed by atoms with van der Waals surface area (Å²) in [6, 6.07) is 9.40. The second kappa shape index (κ2) is 8.22. The van der Waals surface area contributed by atoms with E-state index in [2.05, 4.69) is 19.6 Å².